The van der Waals surface area contributed by atoms with Gasteiger partial charge in [0.2, 0.25) is 0 Å². The number of anilines is 1. The molecule has 2 heterocycles. The van der Waals surface area contributed by atoms with E-state index in [1.165, 1.54) is 27.2 Å². The lowest BCUT2D eigenvalue weighted by molar-refractivity contribution is -0.148. The maximum atomic E-state index is 12.0. The van der Waals surface area contributed by atoms with Crippen molar-refractivity contribution in [3.63, 3.8) is 0 Å². The minimum absolute atomic E-state index is 0.170. The third-order valence-electron chi connectivity index (χ3n) is 3.83. The first-order valence-corrected chi connectivity index (χ1v) is 8.70. The Kier molecular flexibility index (Phi) is 5.35. The van der Waals surface area contributed by atoms with E-state index in [9.17, 15) is 14.9 Å². The van der Waals surface area contributed by atoms with Crippen LogP contribution in [0.5, 0.6) is 0 Å². The molecule has 9 nitrogen and oxygen atoms in total. The quantitative estimate of drug-likeness (QED) is 0.624. The van der Waals surface area contributed by atoms with Crippen LogP contribution in [0, 0.1) is 11.3 Å². The third-order valence-corrected chi connectivity index (χ3v) is 5.04. The molecule has 0 radical (unpaired) electrons. The second-order valence-corrected chi connectivity index (χ2v) is 6.70. The molecule has 0 bridgehead atoms. The van der Waals surface area contributed by atoms with Crippen molar-refractivity contribution >= 4 is 28.2 Å². The number of esters is 1. The molecule has 0 atom stereocenters. The molecule has 1 aliphatic carbocycles. The van der Waals surface area contributed by atoms with Gasteiger partial charge in [0.15, 0.2) is 6.61 Å². The highest BCUT2D eigenvalue weighted by molar-refractivity contribution is 7.16. The first-order valence-electron chi connectivity index (χ1n) is 7.88. The second kappa shape index (κ2) is 7.85. The Labute approximate surface area is 147 Å². The number of tetrazole rings is 1. The summed E-state index contributed by atoms with van der Waals surface area (Å²) in [5, 5.41) is 23.0. The van der Waals surface area contributed by atoms with Gasteiger partial charge in [-0.05, 0) is 41.7 Å². The summed E-state index contributed by atoms with van der Waals surface area (Å²) in [7, 11) is 0. The number of carbonyl (C=O) groups is 2. The number of carbonyl (C=O) groups excluding carboxylic acids is 2. The molecule has 0 saturated carbocycles. The van der Waals surface area contributed by atoms with Crippen molar-refractivity contribution in [2.45, 2.75) is 38.6 Å². The lowest BCUT2D eigenvalue weighted by Gasteiger charge is -2.05. The predicted octanol–water partition coefficient (Wildman–Crippen LogP) is 1.06. The number of rotatable bonds is 5. The third kappa shape index (κ3) is 4.19. The van der Waals surface area contributed by atoms with E-state index < -0.39 is 18.5 Å². The number of thiophene rings is 1. The van der Waals surface area contributed by atoms with Crippen molar-refractivity contribution in [2.75, 3.05) is 11.9 Å². The molecule has 2 aromatic rings. The fourth-order valence-electron chi connectivity index (χ4n) is 2.69. The molecule has 2 aromatic heterocycles. The van der Waals surface area contributed by atoms with Gasteiger partial charge in [-0.2, -0.15) is 5.26 Å². The van der Waals surface area contributed by atoms with E-state index in [2.05, 4.69) is 26.9 Å². The Bertz CT molecular complexity index is 808. The van der Waals surface area contributed by atoms with Crippen molar-refractivity contribution in [1.82, 2.24) is 20.2 Å². The summed E-state index contributed by atoms with van der Waals surface area (Å²) >= 11 is 1.44. The summed E-state index contributed by atoms with van der Waals surface area (Å²) < 4.78 is 6.10. The lowest BCUT2D eigenvalue weighted by Crippen LogP contribution is -2.23. The van der Waals surface area contributed by atoms with Crippen LogP contribution in [0.3, 0.4) is 0 Å². The van der Waals surface area contributed by atoms with E-state index in [1.807, 2.05) is 0 Å². The van der Waals surface area contributed by atoms with E-state index in [0.29, 0.717) is 10.6 Å². The first kappa shape index (κ1) is 17.0. The van der Waals surface area contributed by atoms with Crippen LogP contribution in [-0.2, 0) is 33.7 Å². The van der Waals surface area contributed by atoms with Gasteiger partial charge in [0.1, 0.15) is 23.9 Å². The van der Waals surface area contributed by atoms with Crippen molar-refractivity contribution < 1.29 is 14.3 Å². The van der Waals surface area contributed by atoms with Gasteiger partial charge in [-0.1, -0.05) is 6.42 Å². The Morgan fingerprint density at radius 2 is 2.20 bits per heavy atom. The number of ether oxygens (including phenoxy) is 1. The van der Waals surface area contributed by atoms with Crippen LogP contribution in [0.2, 0.25) is 0 Å². The fourth-order valence-corrected chi connectivity index (χ4v) is 3.94. The highest BCUT2D eigenvalue weighted by atomic mass is 32.1. The van der Waals surface area contributed by atoms with Gasteiger partial charge in [-0.3, -0.25) is 9.59 Å². The molecule has 0 aliphatic heterocycles. The molecule has 0 fully saturated rings. The summed E-state index contributed by atoms with van der Waals surface area (Å²) in [6.07, 6.45) is 6.39. The second-order valence-electron chi connectivity index (χ2n) is 5.60. The molecule has 0 saturated heterocycles. The Morgan fingerprint density at radius 1 is 1.36 bits per heavy atom. The largest absolute Gasteiger partial charge is 0.454 e. The van der Waals surface area contributed by atoms with E-state index in [4.69, 9.17) is 4.74 Å². The molecule has 0 unspecified atom stereocenters. The summed E-state index contributed by atoms with van der Waals surface area (Å²) in [4.78, 5) is 24.8. The number of aryl methyl sites for hydroxylation is 1. The highest BCUT2D eigenvalue weighted by Crippen LogP contribution is 2.36. The van der Waals surface area contributed by atoms with Crippen molar-refractivity contribution in [3.8, 4) is 6.07 Å². The van der Waals surface area contributed by atoms with Crippen LogP contribution in [0.15, 0.2) is 6.33 Å². The SMILES string of the molecule is N#Cc1c(NC(=O)COC(=O)Cn2cnnn2)sc2c1CCCCC2. The van der Waals surface area contributed by atoms with Crippen molar-refractivity contribution in [1.29, 1.82) is 5.26 Å². The Hall–Kier alpha value is -2.80. The molecule has 1 amide bonds. The fraction of sp³-hybridized carbons (Fsp3) is 0.467. The van der Waals surface area contributed by atoms with E-state index in [-0.39, 0.29) is 6.54 Å². The Morgan fingerprint density at radius 3 is 2.96 bits per heavy atom. The molecular formula is C15H16N6O3S. The molecule has 10 heteroatoms. The lowest BCUT2D eigenvalue weighted by atomic mass is 10.1. The minimum atomic E-state index is -0.620. The standard InChI is InChI=1S/C15H16N6O3S/c16-6-11-10-4-2-1-3-5-12(10)25-15(11)18-13(22)8-24-14(23)7-21-9-17-19-20-21/h9H,1-5,7-8H2,(H,18,22). The maximum absolute atomic E-state index is 12.0. The smallest absolute Gasteiger partial charge is 0.328 e. The Balaban J connectivity index is 1.58. The van der Waals surface area contributed by atoms with Gasteiger partial charge >= 0.3 is 5.97 Å². The van der Waals surface area contributed by atoms with Gasteiger partial charge in [0.25, 0.3) is 5.91 Å². The van der Waals surface area contributed by atoms with Crippen LogP contribution < -0.4 is 5.32 Å². The summed E-state index contributed by atoms with van der Waals surface area (Å²) in [6, 6.07) is 2.19. The number of fused-ring (bicyclic) bond motifs is 1. The zero-order valence-electron chi connectivity index (χ0n) is 13.4. The summed E-state index contributed by atoms with van der Waals surface area (Å²) in [6.45, 7) is -0.592. The number of aromatic nitrogens is 4. The zero-order valence-corrected chi connectivity index (χ0v) is 14.2. The molecule has 0 aromatic carbocycles. The number of nitrogens with zero attached hydrogens (tertiary/aromatic N) is 5. The first-order chi connectivity index (χ1) is 12.2. The van der Waals surface area contributed by atoms with Crippen LogP contribution in [0.4, 0.5) is 5.00 Å². The number of amides is 1. The average Bonchev–Trinajstić information content (AvgIpc) is 3.14. The summed E-state index contributed by atoms with van der Waals surface area (Å²) in [5.41, 5.74) is 1.59. The monoisotopic (exact) mass is 360 g/mol. The molecule has 1 aliphatic rings. The van der Waals surface area contributed by atoms with Gasteiger partial charge in [-0.25, -0.2) is 4.68 Å². The molecule has 1 N–H and O–H groups in total. The molecule has 0 spiro atoms. The van der Waals surface area contributed by atoms with Gasteiger partial charge in [0.05, 0.1) is 5.56 Å². The van der Waals surface area contributed by atoms with Crippen LogP contribution in [0.1, 0.15) is 35.3 Å². The maximum Gasteiger partial charge on any atom is 0.328 e. The van der Waals surface area contributed by atoms with Crippen LogP contribution in [-0.4, -0.2) is 38.7 Å². The summed E-state index contributed by atoms with van der Waals surface area (Å²) in [5.74, 6) is -1.09. The van der Waals surface area contributed by atoms with Crippen molar-refractivity contribution in [3.05, 3.63) is 22.3 Å². The number of hydrogen-bond acceptors (Lipinski definition) is 8. The number of nitriles is 1. The molecule has 25 heavy (non-hydrogen) atoms. The van der Waals surface area contributed by atoms with E-state index in [1.54, 1.807) is 0 Å². The average molecular weight is 360 g/mol. The van der Waals surface area contributed by atoms with Crippen LogP contribution >= 0.6 is 11.3 Å². The van der Waals surface area contributed by atoms with Gasteiger partial charge in [0, 0.05) is 4.88 Å². The molecule has 3 rings (SSSR count). The molecule has 130 valence electrons. The van der Waals surface area contributed by atoms with Crippen molar-refractivity contribution in [2.24, 2.45) is 0 Å². The predicted molar refractivity (Wildman–Crippen MR) is 87.7 cm³/mol. The normalized spacial score (nSPS) is 13.4. The number of nitrogens with one attached hydrogen (secondary N) is 1. The van der Waals surface area contributed by atoms with E-state index in [0.717, 1.165) is 37.7 Å². The number of hydrogen-bond donors (Lipinski definition) is 1. The van der Waals surface area contributed by atoms with Gasteiger partial charge in [-0.15, -0.1) is 16.4 Å². The van der Waals surface area contributed by atoms with Crippen LogP contribution in [0.25, 0.3) is 0 Å². The minimum Gasteiger partial charge on any atom is -0.454 e. The zero-order chi connectivity index (χ0) is 17.6. The highest BCUT2D eigenvalue weighted by Gasteiger charge is 2.21. The molecular weight excluding hydrogens is 344 g/mol. The van der Waals surface area contributed by atoms with Gasteiger partial charge < -0.3 is 10.1 Å². The topological polar surface area (TPSA) is 123 Å². The van der Waals surface area contributed by atoms with E-state index >= 15 is 0 Å².